The molecule has 0 radical (unpaired) electrons. The lowest BCUT2D eigenvalue weighted by Crippen LogP contribution is -2.49. The number of likely N-dealkylation sites (tertiary alicyclic amines) is 1. The number of hydrogen-bond donors (Lipinski definition) is 1. The Hall–Kier alpha value is -2.57. The SMILES string of the molecule is CCOc1ccccc1C(=O)NCC(=O)OCC(=O)N1[C@H](C)CCC[C@@H]1C. The molecule has 0 aliphatic carbocycles. The van der Waals surface area contributed by atoms with Gasteiger partial charge >= 0.3 is 5.97 Å². The van der Waals surface area contributed by atoms with E-state index in [0.717, 1.165) is 19.3 Å². The van der Waals surface area contributed by atoms with Gasteiger partial charge in [0.05, 0.1) is 12.2 Å². The zero-order valence-corrected chi connectivity index (χ0v) is 16.2. The number of piperidine rings is 1. The molecule has 2 amide bonds. The maximum atomic E-state index is 12.3. The number of hydrogen-bond acceptors (Lipinski definition) is 5. The summed E-state index contributed by atoms with van der Waals surface area (Å²) >= 11 is 0. The second-order valence-electron chi connectivity index (χ2n) is 6.70. The zero-order valence-electron chi connectivity index (χ0n) is 16.2. The lowest BCUT2D eigenvalue weighted by molar-refractivity contribution is -0.154. The molecule has 1 fully saturated rings. The molecule has 27 heavy (non-hydrogen) atoms. The van der Waals surface area contributed by atoms with Gasteiger partial charge < -0.3 is 19.7 Å². The molecule has 0 spiro atoms. The lowest BCUT2D eigenvalue weighted by atomic mass is 9.97. The van der Waals surface area contributed by atoms with E-state index in [4.69, 9.17) is 9.47 Å². The van der Waals surface area contributed by atoms with Crippen molar-refractivity contribution in [2.24, 2.45) is 0 Å². The molecule has 1 aromatic rings. The Morgan fingerprint density at radius 1 is 1.15 bits per heavy atom. The largest absolute Gasteiger partial charge is 0.493 e. The predicted molar refractivity (Wildman–Crippen MR) is 101 cm³/mol. The number of nitrogens with zero attached hydrogens (tertiary/aromatic N) is 1. The highest BCUT2D eigenvalue weighted by Gasteiger charge is 2.29. The number of benzene rings is 1. The van der Waals surface area contributed by atoms with Crippen molar-refractivity contribution in [3.05, 3.63) is 29.8 Å². The Balaban J connectivity index is 1.81. The molecular weight excluding hydrogens is 348 g/mol. The predicted octanol–water partition coefficient (Wildman–Crippen LogP) is 2.15. The van der Waals surface area contributed by atoms with Crippen molar-refractivity contribution < 1.29 is 23.9 Å². The normalized spacial score (nSPS) is 19.3. The van der Waals surface area contributed by atoms with Crippen LogP contribution >= 0.6 is 0 Å². The standard InChI is InChI=1S/C20H28N2O5/c1-4-26-17-11-6-5-10-16(17)20(25)21-12-19(24)27-13-18(23)22-14(2)8-7-9-15(22)3/h5-6,10-11,14-15H,4,7-9,12-13H2,1-3H3,(H,21,25)/t14-,15+. The van der Waals surface area contributed by atoms with E-state index in [0.29, 0.717) is 17.9 Å². The van der Waals surface area contributed by atoms with Gasteiger partial charge in [-0.15, -0.1) is 0 Å². The van der Waals surface area contributed by atoms with Crippen LogP contribution in [0, 0.1) is 0 Å². The average molecular weight is 376 g/mol. The minimum atomic E-state index is -0.650. The van der Waals surface area contributed by atoms with Gasteiger partial charge in [0.15, 0.2) is 6.61 Å². The Labute approximate surface area is 160 Å². The number of carbonyl (C=O) groups is 3. The van der Waals surface area contributed by atoms with Crippen molar-refractivity contribution in [3.8, 4) is 5.75 Å². The van der Waals surface area contributed by atoms with E-state index in [1.54, 1.807) is 29.2 Å². The summed E-state index contributed by atoms with van der Waals surface area (Å²) in [6, 6.07) is 7.09. The number of ether oxygens (including phenoxy) is 2. The fraction of sp³-hybridized carbons (Fsp3) is 0.550. The van der Waals surface area contributed by atoms with Gasteiger partial charge in [0.2, 0.25) is 0 Å². The third-order valence-electron chi connectivity index (χ3n) is 4.66. The number of nitrogens with one attached hydrogen (secondary N) is 1. The van der Waals surface area contributed by atoms with Crippen LogP contribution in [-0.2, 0) is 14.3 Å². The molecule has 148 valence electrons. The number of para-hydroxylation sites is 1. The Bertz CT molecular complexity index is 666. The van der Waals surface area contributed by atoms with Crippen molar-refractivity contribution in [2.75, 3.05) is 19.8 Å². The van der Waals surface area contributed by atoms with E-state index in [2.05, 4.69) is 5.32 Å². The Morgan fingerprint density at radius 3 is 2.48 bits per heavy atom. The van der Waals surface area contributed by atoms with Crippen LogP contribution in [-0.4, -0.2) is 54.5 Å². The third kappa shape index (κ3) is 5.70. The molecule has 0 saturated carbocycles. The Morgan fingerprint density at radius 2 is 1.81 bits per heavy atom. The molecule has 7 nitrogen and oxygen atoms in total. The lowest BCUT2D eigenvalue weighted by Gasteiger charge is -2.38. The van der Waals surface area contributed by atoms with Crippen LogP contribution in [0.1, 0.15) is 50.4 Å². The molecule has 1 aliphatic heterocycles. The molecule has 2 atom stereocenters. The first-order valence-corrected chi connectivity index (χ1v) is 9.40. The molecule has 1 saturated heterocycles. The maximum absolute atomic E-state index is 12.3. The summed E-state index contributed by atoms with van der Waals surface area (Å²) in [7, 11) is 0. The fourth-order valence-corrected chi connectivity index (χ4v) is 3.36. The smallest absolute Gasteiger partial charge is 0.325 e. The number of carbonyl (C=O) groups excluding carboxylic acids is 3. The topological polar surface area (TPSA) is 84.9 Å². The minimum absolute atomic E-state index is 0.148. The molecule has 0 bridgehead atoms. The summed E-state index contributed by atoms with van der Waals surface area (Å²) in [5.74, 6) is -0.825. The molecule has 2 rings (SSSR count). The van der Waals surface area contributed by atoms with E-state index in [1.807, 2.05) is 20.8 Å². The van der Waals surface area contributed by atoms with Crippen molar-refractivity contribution in [3.63, 3.8) is 0 Å². The second kappa shape index (κ2) is 9.94. The second-order valence-corrected chi connectivity index (χ2v) is 6.70. The molecule has 1 N–H and O–H groups in total. The van der Waals surface area contributed by atoms with Gasteiger partial charge in [-0.3, -0.25) is 14.4 Å². The molecule has 1 aromatic carbocycles. The van der Waals surface area contributed by atoms with Gasteiger partial charge in [0, 0.05) is 12.1 Å². The van der Waals surface area contributed by atoms with E-state index in [9.17, 15) is 14.4 Å². The first kappa shape index (κ1) is 20.7. The van der Waals surface area contributed by atoms with Gasteiger partial charge in [-0.1, -0.05) is 12.1 Å². The summed E-state index contributed by atoms with van der Waals surface area (Å²) in [5.41, 5.74) is 0.346. The van der Waals surface area contributed by atoms with E-state index in [1.165, 1.54) is 0 Å². The zero-order chi connectivity index (χ0) is 19.8. The number of esters is 1. The summed E-state index contributed by atoms with van der Waals surface area (Å²) in [4.78, 5) is 38.3. The van der Waals surface area contributed by atoms with Crippen LogP contribution in [0.4, 0.5) is 0 Å². The van der Waals surface area contributed by atoms with Crippen molar-refractivity contribution in [1.82, 2.24) is 10.2 Å². The summed E-state index contributed by atoms with van der Waals surface area (Å²) in [5, 5.41) is 2.50. The van der Waals surface area contributed by atoms with E-state index < -0.39 is 11.9 Å². The van der Waals surface area contributed by atoms with Gasteiger partial charge in [0.25, 0.3) is 11.8 Å². The van der Waals surface area contributed by atoms with E-state index in [-0.39, 0.29) is 31.1 Å². The molecule has 1 aliphatic rings. The summed E-state index contributed by atoms with van der Waals surface area (Å²) in [6.45, 7) is 5.66. The summed E-state index contributed by atoms with van der Waals surface area (Å²) in [6.07, 6.45) is 3.01. The van der Waals surface area contributed by atoms with Crippen LogP contribution in [0.2, 0.25) is 0 Å². The quantitative estimate of drug-likeness (QED) is 0.737. The van der Waals surface area contributed by atoms with Crippen LogP contribution in [0.3, 0.4) is 0 Å². The molecular formula is C20H28N2O5. The van der Waals surface area contributed by atoms with Crippen molar-refractivity contribution >= 4 is 17.8 Å². The summed E-state index contributed by atoms with van der Waals surface area (Å²) < 4.78 is 10.4. The molecule has 1 heterocycles. The average Bonchev–Trinajstić information content (AvgIpc) is 2.65. The third-order valence-corrected chi connectivity index (χ3v) is 4.66. The molecule has 7 heteroatoms. The molecule has 0 aromatic heterocycles. The van der Waals surface area contributed by atoms with Crippen LogP contribution in [0.5, 0.6) is 5.75 Å². The van der Waals surface area contributed by atoms with Gasteiger partial charge in [0.1, 0.15) is 12.3 Å². The van der Waals surface area contributed by atoms with Crippen molar-refractivity contribution in [1.29, 1.82) is 0 Å². The highest BCUT2D eigenvalue weighted by Crippen LogP contribution is 2.22. The van der Waals surface area contributed by atoms with Gasteiger partial charge in [-0.05, 0) is 52.2 Å². The number of rotatable bonds is 7. The van der Waals surface area contributed by atoms with Crippen LogP contribution in [0.15, 0.2) is 24.3 Å². The fourth-order valence-electron chi connectivity index (χ4n) is 3.36. The minimum Gasteiger partial charge on any atom is -0.493 e. The van der Waals surface area contributed by atoms with Gasteiger partial charge in [-0.2, -0.15) is 0 Å². The highest BCUT2D eigenvalue weighted by atomic mass is 16.5. The first-order chi connectivity index (χ1) is 12.9. The monoisotopic (exact) mass is 376 g/mol. The number of amides is 2. The first-order valence-electron chi connectivity index (χ1n) is 9.40. The maximum Gasteiger partial charge on any atom is 0.325 e. The van der Waals surface area contributed by atoms with Gasteiger partial charge in [-0.25, -0.2) is 0 Å². The van der Waals surface area contributed by atoms with Crippen molar-refractivity contribution in [2.45, 2.75) is 52.1 Å². The van der Waals surface area contributed by atoms with Crippen LogP contribution < -0.4 is 10.1 Å². The Kier molecular flexibility index (Phi) is 7.64. The van der Waals surface area contributed by atoms with E-state index >= 15 is 0 Å². The molecule has 0 unspecified atom stereocenters. The highest BCUT2D eigenvalue weighted by molar-refractivity contribution is 5.98. The van der Waals surface area contributed by atoms with Crippen LogP contribution in [0.25, 0.3) is 0 Å².